The Hall–Kier alpha value is -1.42. The fourth-order valence-electron chi connectivity index (χ4n) is 2.43. The molecule has 98 valence electrons. The molecule has 1 amide bonds. The van der Waals surface area contributed by atoms with E-state index in [-0.39, 0.29) is 17.5 Å². The van der Waals surface area contributed by atoms with E-state index in [1.807, 2.05) is 7.05 Å². The smallest absolute Gasteiger partial charge is 0.254 e. The molecule has 1 aromatic carbocycles. The van der Waals surface area contributed by atoms with Gasteiger partial charge < -0.3 is 10.6 Å². The van der Waals surface area contributed by atoms with Crippen molar-refractivity contribution in [3.63, 3.8) is 0 Å². The summed E-state index contributed by atoms with van der Waals surface area (Å²) in [5.41, 5.74) is 0.133. The number of hydrogen-bond donors (Lipinski definition) is 2. The molecule has 0 heterocycles. The third-order valence-electron chi connectivity index (χ3n) is 3.59. The standard InChI is InChI=1S/C14H19FN2O/c1-16-10-6-8-11(9-7-10)17-14(18)12-4-2-3-5-13(12)15/h2-5,10-11,16H,6-9H2,1H3,(H,17,18). The lowest BCUT2D eigenvalue weighted by Crippen LogP contribution is -2.41. The highest BCUT2D eigenvalue weighted by Crippen LogP contribution is 2.19. The van der Waals surface area contributed by atoms with Gasteiger partial charge in [-0.25, -0.2) is 4.39 Å². The maximum Gasteiger partial charge on any atom is 0.254 e. The summed E-state index contributed by atoms with van der Waals surface area (Å²) in [4.78, 5) is 11.9. The van der Waals surface area contributed by atoms with E-state index in [0.29, 0.717) is 6.04 Å². The van der Waals surface area contributed by atoms with Crippen LogP contribution in [-0.4, -0.2) is 25.0 Å². The summed E-state index contributed by atoms with van der Waals surface area (Å²) in [5.74, 6) is -0.764. The molecule has 1 saturated carbocycles. The van der Waals surface area contributed by atoms with Gasteiger partial charge in [-0.05, 0) is 44.9 Å². The summed E-state index contributed by atoms with van der Waals surface area (Å²) >= 11 is 0. The van der Waals surface area contributed by atoms with E-state index >= 15 is 0 Å². The SMILES string of the molecule is CNC1CCC(NC(=O)c2ccccc2F)CC1. The average Bonchev–Trinajstić information content (AvgIpc) is 2.40. The van der Waals surface area contributed by atoms with E-state index in [1.165, 1.54) is 12.1 Å². The summed E-state index contributed by atoms with van der Waals surface area (Å²) in [6.45, 7) is 0. The van der Waals surface area contributed by atoms with Crippen molar-refractivity contribution in [3.05, 3.63) is 35.6 Å². The summed E-state index contributed by atoms with van der Waals surface area (Å²) in [6.07, 6.45) is 4.01. The summed E-state index contributed by atoms with van der Waals surface area (Å²) in [7, 11) is 1.96. The molecule has 0 aliphatic heterocycles. The largest absolute Gasteiger partial charge is 0.349 e. The van der Waals surface area contributed by atoms with Crippen LogP contribution in [0.4, 0.5) is 4.39 Å². The molecule has 3 nitrogen and oxygen atoms in total. The van der Waals surface area contributed by atoms with Crippen LogP contribution in [0.2, 0.25) is 0 Å². The first-order valence-corrected chi connectivity index (χ1v) is 6.43. The fraction of sp³-hybridized carbons (Fsp3) is 0.500. The maximum atomic E-state index is 13.4. The molecule has 2 rings (SSSR count). The van der Waals surface area contributed by atoms with Gasteiger partial charge in [-0.2, -0.15) is 0 Å². The Bertz CT molecular complexity index is 414. The Labute approximate surface area is 107 Å². The highest BCUT2D eigenvalue weighted by molar-refractivity contribution is 5.94. The van der Waals surface area contributed by atoms with Crippen LogP contribution in [0.3, 0.4) is 0 Å². The molecule has 1 fully saturated rings. The van der Waals surface area contributed by atoms with Crippen LogP contribution in [0.5, 0.6) is 0 Å². The monoisotopic (exact) mass is 250 g/mol. The minimum absolute atomic E-state index is 0.133. The molecule has 0 spiro atoms. The first-order valence-electron chi connectivity index (χ1n) is 6.43. The topological polar surface area (TPSA) is 41.1 Å². The van der Waals surface area contributed by atoms with Gasteiger partial charge in [0.25, 0.3) is 5.91 Å². The Kier molecular flexibility index (Phi) is 4.31. The van der Waals surface area contributed by atoms with Crippen molar-refractivity contribution in [2.45, 2.75) is 37.8 Å². The fourth-order valence-corrected chi connectivity index (χ4v) is 2.43. The van der Waals surface area contributed by atoms with Crippen molar-refractivity contribution in [1.82, 2.24) is 10.6 Å². The predicted molar refractivity (Wildman–Crippen MR) is 69.0 cm³/mol. The number of carbonyl (C=O) groups is 1. The number of halogens is 1. The molecular weight excluding hydrogens is 231 g/mol. The highest BCUT2D eigenvalue weighted by atomic mass is 19.1. The molecular formula is C14H19FN2O. The van der Waals surface area contributed by atoms with Crippen LogP contribution in [0.15, 0.2) is 24.3 Å². The van der Waals surface area contributed by atoms with Gasteiger partial charge in [-0.1, -0.05) is 12.1 Å². The molecule has 1 aliphatic rings. The number of hydrogen-bond acceptors (Lipinski definition) is 2. The average molecular weight is 250 g/mol. The number of nitrogens with one attached hydrogen (secondary N) is 2. The van der Waals surface area contributed by atoms with Crippen molar-refractivity contribution in [3.8, 4) is 0 Å². The second-order valence-corrected chi connectivity index (χ2v) is 4.79. The lowest BCUT2D eigenvalue weighted by atomic mass is 9.91. The van der Waals surface area contributed by atoms with E-state index in [0.717, 1.165) is 25.7 Å². The zero-order chi connectivity index (χ0) is 13.0. The molecule has 2 N–H and O–H groups in total. The van der Waals surface area contributed by atoms with E-state index < -0.39 is 5.82 Å². The summed E-state index contributed by atoms with van der Waals surface area (Å²) in [6, 6.07) is 6.81. The van der Waals surface area contributed by atoms with Crippen LogP contribution in [0.1, 0.15) is 36.0 Å². The van der Waals surface area contributed by atoms with Crippen molar-refractivity contribution in [2.24, 2.45) is 0 Å². The second kappa shape index (κ2) is 5.96. The molecule has 0 radical (unpaired) electrons. The van der Waals surface area contributed by atoms with E-state index in [2.05, 4.69) is 10.6 Å². The number of amides is 1. The predicted octanol–water partition coefficient (Wildman–Crippen LogP) is 2.09. The molecule has 4 heteroatoms. The Morgan fingerprint density at radius 2 is 1.78 bits per heavy atom. The Morgan fingerprint density at radius 3 is 2.39 bits per heavy atom. The quantitative estimate of drug-likeness (QED) is 0.862. The molecule has 1 aliphatic carbocycles. The molecule has 0 unspecified atom stereocenters. The van der Waals surface area contributed by atoms with Crippen molar-refractivity contribution in [2.75, 3.05) is 7.05 Å². The van der Waals surface area contributed by atoms with Crippen molar-refractivity contribution < 1.29 is 9.18 Å². The maximum absolute atomic E-state index is 13.4. The van der Waals surface area contributed by atoms with Crippen molar-refractivity contribution in [1.29, 1.82) is 0 Å². The molecule has 18 heavy (non-hydrogen) atoms. The number of benzene rings is 1. The zero-order valence-electron chi connectivity index (χ0n) is 10.6. The van der Waals surface area contributed by atoms with Gasteiger partial charge in [-0.15, -0.1) is 0 Å². The first-order chi connectivity index (χ1) is 8.70. The molecule has 0 bridgehead atoms. The van der Waals surface area contributed by atoms with E-state index in [9.17, 15) is 9.18 Å². The van der Waals surface area contributed by atoms with Gasteiger partial charge in [0, 0.05) is 12.1 Å². The van der Waals surface area contributed by atoms with E-state index in [1.54, 1.807) is 12.1 Å². The lowest BCUT2D eigenvalue weighted by molar-refractivity contribution is 0.0920. The van der Waals surface area contributed by atoms with Crippen LogP contribution in [0, 0.1) is 5.82 Å². The van der Waals surface area contributed by atoms with Gasteiger partial charge in [0.2, 0.25) is 0 Å². The molecule has 0 atom stereocenters. The van der Waals surface area contributed by atoms with E-state index in [4.69, 9.17) is 0 Å². The minimum Gasteiger partial charge on any atom is -0.349 e. The zero-order valence-corrected chi connectivity index (χ0v) is 10.6. The van der Waals surface area contributed by atoms with Gasteiger partial charge in [0.15, 0.2) is 0 Å². The molecule has 0 saturated heterocycles. The van der Waals surface area contributed by atoms with Gasteiger partial charge in [0.05, 0.1) is 5.56 Å². The number of rotatable bonds is 3. The Morgan fingerprint density at radius 1 is 1.17 bits per heavy atom. The summed E-state index contributed by atoms with van der Waals surface area (Å²) in [5, 5.41) is 6.16. The second-order valence-electron chi connectivity index (χ2n) is 4.79. The normalized spacial score (nSPS) is 23.7. The van der Waals surface area contributed by atoms with Crippen LogP contribution < -0.4 is 10.6 Å². The lowest BCUT2D eigenvalue weighted by Gasteiger charge is -2.28. The number of carbonyl (C=O) groups excluding carboxylic acids is 1. The van der Waals surface area contributed by atoms with Gasteiger partial charge >= 0.3 is 0 Å². The molecule has 1 aromatic rings. The third-order valence-corrected chi connectivity index (χ3v) is 3.59. The minimum atomic E-state index is -0.459. The highest BCUT2D eigenvalue weighted by Gasteiger charge is 2.22. The Balaban J connectivity index is 1.91. The van der Waals surface area contributed by atoms with Gasteiger partial charge in [0.1, 0.15) is 5.82 Å². The first kappa shape index (κ1) is 13.0. The van der Waals surface area contributed by atoms with Crippen molar-refractivity contribution >= 4 is 5.91 Å². The van der Waals surface area contributed by atoms with Gasteiger partial charge in [-0.3, -0.25) is 4.79 Å². The molecule has 0 aromatic heterocycles. The third kappa shape index (κ3) is 3.07. The van der Waals surface area contributed by atoms with Crippen LogP contribution in [0.25, 0.3) is 0 Å². The van der Waals surface area contributed by atoms with Crippen LogP contribution >= 0.6 is 0 Å². The van der Waals surface area contributed by atoms with Crippen LogP contribution in [-0.2, 0) is 0 Å². The summed E-state index contributed by atoms with van der Waals surface area (Å²) < 4.78 is 13.4.